The van der Waals surface area contributed by atoms with E-state index in [0.717, 1.165) is 0 Å². The number of likely N-dealkylation sites (N-methyl/N-ethyl adjacent to an activating group) is 1. The Morgan fingerprint density at radius 2 is 2.12 bits per heavy atom. The first kappa shape index (κ1) is 13.2. The standard InChI is InChI=1S/C11H19NO4/c1-5-6-14-9-7-15-11(2,16-8-9)10(13)12(3)4/h5,9H,1,6-8H2,2-4H3. The Balaban J connectivity index is 2.46. The van der Waals surface area contributed by atoms with Crippen molar-refractivity contribution in [1.82, 2.24) is 4.90 Å². The first-order valence-corrected chi connectivity index (χ1v) is 5.22. The summed E-state index contributed by atoms with van der Waals surface area (Å²) in [6, 6.07) is 0. The topological polar surface area (TPSA) is 48.0 Å². The third kappa shape index (κ3) is 3.04. The van der Waals surface area contributed by atoms with Crippen LogP contribution in [0.2, 0.25) is 0 Å². The summed E-state index contributed by atoms with van der Waals surface area (Å²) in [5, 5.41) is 0. The molecule has 1 rings (SSSR count). The van der Waals surface area contributed by atoms with Gasteiger partial charge in [0.05, 0.1) is 19.8 Å². The van der Waals surface area contributed by atoms with Crippen LogP contribution in [-0.2, 0) is 19.0 Å². The van der Waals surface area contributed by atoms with Crippen molar-refractivity contribution in [3.05, 3.63) is 12.7 Å². The van der Waals surface area contributed by atoms with Gasteiger partial charge in [0.2, 0.25) is 5.79 Å². The van der Waals surface area contributed by atoms with Gasteiger partial charge in [-0.25, -0.2) is 0 Å². The Bertz CT molecular complexity index is 257. The zero-order chi connectivity index (χ0) is 12.2. The monoisotopic (exact) mass is 229 g/mol. The summed E-state index contributed by atoms with van der Waals surface area (Å²) in [6.07, 6.45) is 1.53. The van der Waals surface area contributed by atoms with E-state index >= 15 is 0 Å². The summed E-state index contributed by atoms with van der Waals surface area (Å²) in [5.74, 6) is -1.38. The number of ether oxygens (including phenoxy) is 3. The molecule has 5 nitrogen and oxygen atoms in total. The van der Waals surface area contributed by atoms with Gasteiger partial charge in [0.1, 0.15) is 6.10 Å². The van der Waals surface area contributed by atoms with Gasteiger partial charge in [-0.3, -0.25) is 4.79 Å². The van der Waals surface area contributed by atoms with Gasteiger partial charge < -0.3 is 19.1 Å². The molecule has 0 radical (unpaired) electrons. The third-order valence-electron chi connectivity index (χ3n) is 2.33. The normalized spacial score (nSPS) is 29.8. The SMILES string of the molecule is C=CCOC1COC(C)(C(=O)N(C)C)OC1. The molecule has 0 spiro atoms. The summed E-state index contributed by atoms with van der Waals surface area (Å²) in [5.41, 5.74) is 0. The summed E-state index contributed by atoms with van der Waals surface area (Å²) >= 11 is 0. The number of nitrogens with zero attached hydrogens (tertiary/aromatic N) is 1. The van der Waals surface area contributed by atoms with E-state index < -0.39 is 5.79 Å². The lowest BCUT2D eigenvalue weighted by Gasteiger charge is -2.37. The van der Waals surface area contributed by atoms with Gasteiger partial charge in [-0.1, -0.05) is 6.08 Å². The van der Waals surface area contributed by atoms with E-state index in [2.05, 4.69) is 6.58 Å². The first-order chi connectivity index (χ1) is 7.49. The molecule has 1 heterocycles. The second-order valence-electron chi connectivity index (χ2n) is 4.01. The fourth-order valence-corrected chi connectivity index (χ4v) is 1.42. The highest BCUT2D eigenvalue weighted by Crippen LogP contribution is 2.21. The maximum atomic E-state index is 11.8. The maximum absolute atomic E-state index is 11.8. The molecular formula is C11H19NO4. The molecule has 0 aromatic heterocycles. The highest BCUT2D eigenvalue weighted by atomic mass is 16.7. The Morgan fingerprint density at radius 1 is 1.56 bits per heavy atom. The minimum atomic E-state index is -1.18. The van der Waals surface area contributed by atoms with Crippen LogP contribution in [-0.4, -0.2) is 56.6 Å². The minimum absolute atomic E-state index is 0.138. The van der Waals surface area contributed by atoms with Crippen LogP contribution in [0.5, 0.6) is 0 Å². The van der Waals surface area contributed by atoms with Crippen LogP contribution in [0.1, 0.15) is 6.92 Å². The molecule has 16 heavy (non-hydrogen) atoms. The van der Waals surface area contributed by atoms with Gasteiger partial charge >= 0.3 is 0 Å². The fourth-order valence-electron chi connectivity index (χ4n) is 1.42. The van der Waals surface area contributed by atoms with Crippen LogP contribution in [0.3, 0.4) is 0 Å². The predicted molar refractivity (Wildman–Crippen MR) is 58.9 cm³/mol. The lowest BCUT2D eigenvalue weighted by Crippen LogP contribution is -2.54. The van der Waals surface area contributed by atoms with Crippen LogP contribution in [0, 0.1) is 0 Å². The molecule has 0 aromatic rings. The molecule has 1 saturated heterocycles. The summed E-state index contributed by atoms with van der Waals surface area (Å²) in [4.78, 5) is 13.2. The molecule has 0 unspecified atom stereocenters. The Hall–Kier alpha value is -0.910. The van der Waals surface area contributed by atoms with Crippen molar-refractivity contribution in [3.8, 4) is 0 Å². The van der Waals surface area contributed by atoms with Crippen molar-refractivity contribution in [2.45, 2.75) is 18.8 Å². The number of rotatable bonds is 4. The number of hydrogen-bond acceptors (Lipinski definition) is 4. The Kier molecular flexibility index (Phi) is 4.46. The second-order valence-corrected chi connectivity index (χ2v) is 4.01. The average Bonchev–Trinajstić information content (AvgIpc) is 2.27. The first-order valence-electron chi connectivity index (χ1n) is 5.22. The summed E-state index contributed by atoms with van der Waals surface area (Å²) < 4.78 is 16.2. The third-order valence-corrected chi connectivity index (χ3v) is 2.33. The lowest BCUT2D eigenvalue weighted by molar-refractivity contribution is -0.277. The number of carbonyl (C=O) groups excluding carboxylic acids is 1. The minimum Gasteiger partial charge on any atom is -0.369 e. The van der Waals surface area contributed by atoms with Crippen molar-refractivity contribution in [2.75, 3.05) is 33.9 Å². The quantitative estimate of drug-likeness (QED) is 0.655. The fraction of sp³-hybridized carbons (Fsp3) is 0.727. The summed E-state index contributed by atoms with van der Waals surface area (Å²) in [7, 11) is 3.33. The molecule has 1 fully saturated rings. The highest BCUT2D eigenvalue weighted by Gasteiger charge is 2.41. The van der Waals surface area contributed by atoms with Crippen LogP contribution in [0.4, 0.5) is 0 Å². The van der Waals surface area contributed by atoms with Crippen molar-refractivity contribution < 1.29 is 19.0 Å². The van der Waals surface area contributed by atoms with E-state index in [1.165, 1.54) is 4.90 Å². The Labute approximate surface area is 96.0 Å². The molecule has 0 saturated carbocycles. The van der Waals surface area contributed by atoms with Gasteiger partial charge in [-0.05, 0) is 6.92 Å². The van der Waals surface area contributed by atoms with E-state index in [0.29, 0.717) is 19.8 Å². The molecule has 0 aromatic carbocycles. The average molecular weight is 229 g/mol. The second kappa shape index (κ2) is 5.43. The van der Waals surface area contributed by atoms with Crippen LogP contribution >= 0.6 is 0 Å². The molecule has 0 bridgehead atoms. The number of carbonyl (C=O) groups is 1. The largest absolute Gasteiger partial charge is 0.369 e. The number of amides is 1. The van der Waals surface area contributed by atoms with Gasteiger partial charge in [-0.2, -0.15) is 0 Å². The van der Waals surface area contributed by atoms with E-state index in [4.69, 9.17) is 14.2 Å². The molecule has 0 atom stereocenters. The molecule has 1 aliphatic rings. The zero-order valence-electron chi connectivity index (χ0n) is 10.1. The molecule has 0 N–H and O–H groups in total. The van der Waals surface area contributed by atoms with Gasteiger partial charge in [0.25, 0.3) is 5.91 Å². The molecule has 1 amide bonds. The van der Waals surface area contributed by atoms with Gasteiger partial charge in [0, 0.05) is 14.1 Å². The highest BCUT2D eigenvalue weighted by molar-refractivity contribution is 5.82. The Morgan fingerprint density at radius 3 is 2.56 bits per heavy atom. The molecule has 5 heteroatoms. The molecule has 1 aliphatic heterocycles. The smallest absolute Gasteiger partial charge is 0.282 e. The van der Waals surface area contributed by atoms with Crippen LogP contribution in [0.15, 0.2) is 12.7 Å². The van der Waals surface area contributed by atoms with Gasteiger partial charge in [-0.15, -0.1) is 6.58 Å². The van der Waals surface area contributed by atoms with E-state index in [1.54, 1.807) is 27.1 Å². The van der Waals surface area contributed by atoms with Gasteiger partial charge in [0.15, 0.2) is 0 Å². The van der Waals surface area contributed by atoms with E-state index in [9.17, 15) is 4.79 Å². The molecule has 0 aliphatic carbocycles. The number of hydrogen-bond donors (Lipinski definition) is 0. The molecular weight excluding hydrogens is 210 g/mol. The van der Waals surface area contributed by atoms with Crippen LogP contribution in [0.25, 0.3) is 0 Å². The maximum Gasteiger partial charge on any atom is 0.282 e. The van der Waals surface area contributed by atoms with Crippen molar-refractivity contribution >= 4 is 5.91 Å². The van der Waals surface area contributed by atoms with Crippen LogP contribution < -0.4 is 0 Å². The summed E-state index contributed by atoms with van der Waals surface area (Å²) in [6.45, 7) is 6.34. The van der Waals surface area contributed by atoms with Crippen molar-refractivity contribution in [2.24, 2.45) is 0 Å². The lowest BCUT2D eigenvalue weighted by atomic mass is 10.2. The van der Waals surface area contributed by atoms with E-state index in [1.807, 2.05) is 0 Å². The zero-order valence-corrected chi connectivity index (χ0v) is 10.1. The van der Waals surface area contributed by atoms with Crippen molar-refractivity contribution in [1.29, 1.82) is 0 Å². The van der Waals surface area contributed by atoms with Crippen molar-refractivity contribution in [3.63, 3.8) is 0 Å². The molecule has 92 valence electrons. The predicted octanol–water partition coefficient (Wildman–Crippen LogP) is 0.409. The van der Waals surface area contributed by atoms with E-state index in [-0.39, 0.29) is 12.0 Å².